The zero-order valence-corrected chi connectivity index (χ0v) is 20.3. The maximum absolute atomic E-state index is 13.0. The Balaban J connectivity index is 1.72. The van der Waals surface area contributed by atoms with Crippen LogP contribution in [0.5, 0.6) is 0 Å². The molecule has 1 N–H and O–H groups in total. The molecule has 0 saturated carbocycles. The molecule has 1 aromatic heterocycles. The van der Waals surface area contributed by atoms with Crippen LogP contribution in [0.4, 0.5) is 11.4 Å². The number of non-ortho nitro benzene ring substituents is 1. The first-order valence-corrected chi connectivity index (χ1v) is 12.6. The minimum Gasteiger partial charge on any atom is -0.468 e. The molecule has 0 saturated heterocycles. The number of ether oxygens (including phenoxy) is 1. The van der Waals surface area contributed by atoms with E-state index in [2.05, 4.69) is 9.71 Å². The summed E-state index contributed by atoms with van der Waals surface area (Å²) in [5, 5.41) is 11.1. The molecule has 4 rings (SSSR count). The number of esters is 1. The average Bonchev–Trinajstić information content (AvgIpc) is 3.20. The maximum Gasteiger partial charge on any atom is 0.325 e. The van der Waals surface area contributed by atoms with E-state index in [0.29, 0.717) is 10.2 Å². The van der Waals surface area contributed by atoms with E-state index in [4.69, 9.17) is 4.74 Å². The number of amides is 1. The molecular weight excluding hydrogens is 508 g/mol. The lowest BCUT2D eigenvalue weighted by Gasteiger charge is -2.08. The van der Waals surface area contributed by atoms with Gasteiger partial charge in [0.2, 0.25) is 0 Å². The van der Waals surface area contributed by atoms with Crippen molar-refractivity contribution in [2.24, 2.45) is 4.99 Å². The molecule has 184 valence electrons. The summed E-state index contributed by atoms with van der Waals surface area (Å²) in [6, 6.07) is 17.7. The number of nitro groups is 1. The molecule has 1 heterocycles. The lowest BCUT2D eigenvalue weighted by Crippen LogP contribution is -2.22. The predicted octanol–water partition coefficient (Wildman–Crippen LogP) is 3.33. The van der Waals surface area contributed by atoms with Crippen molar-refractivity contribution in [1.29, 1.82) is 0 Å². The number of nitrogens with zero attached hydrogens (tertiary/aromatic N) is 3. The molecule has 0 fully saturated rings. The van der Waals surface area contributed by atoms with Crippen LogP contribution in [0, 0.1) is 10.1 Å². The van der Waals surface area contributed by atoms with Gasteiger partial charge in [0.05, 0.1) is 27.1 Å². The second kappa shape index (κ2) is 10.1. The Morgan fingerprint density at radius 2 is 1.83 bits per heavy atom. The highest BCUT2D eigenvalue weighted by molar-refractivity contribution is 7.92. The van der Waals surface area contributed by atoms with Gasteiger partial charge in [-0.05, 0) is 36.4 Å². The van der Waals surface area contributed by atoms with Gasteiger partial charge in [-0.2, -0.15) is 4.99 Å². The van der Waals surface area contributed by atoms with Crippen molar-refractivity contribution in [3.63, 3.8) is 0 Å². The third-order valence-corrected chi connectivity index (χ3v) is 7.44. The van der Waals surface area contributed by atoms with E-state index in [9.17, 15) is 28.1 Å². The number of hydrogen-bond acceptors (Lipinski definition) is 8. The fraction of sp³-hybridized carbons (Fsp3) is 0.0870. The zero-order valence-electron chi connectivity index (χ0n) is 18.7. The quantitative estimate of drug-likeness (QED) is 0.220. The molecule has 0 aliphatic heterocycles. The van der Waals surface area contributed by atoms with Gasteiger partial charge in [0, 0.05) is 23.4 Å². The van der Waals surface area contributed by atoms with E-state index < -0.39 is 26.8 Å². The molecule has 0 unspecified atom stereocenters. The highest BCUT2D eigenvalue weighted by atomic mass is 32.2. The van der Waals surface area contributed by atoms with Crippen LogP contribution < -0.4 is 9.52 Å². The summed E-state index contributed by atoms with van der Waals surface area (Å²) in [4.78, 5) is 39.8. The molecule has 0 radical (unpaired) electrons. The number of anilines is 1. The minimum atomic E-state index is -3.87. The molecular formula is C23H18N4O7S2. The molecule has 36 heavy (non-hydrogen) atoms. The number of sulfonamides is 1. The number of thiazole rings is 1. The Morgan fingerprint density at radius 3 is 2.53 bits per heavy atom. The molecule has 4 aromatic rings. The summed E-state index contributed by atoms with van der Waals surface area (Å²) < 4.78 is 34.2. The Morgan fingerprint density at radius 1 is 1.08 bits per heavy atom. The van der Waals surface area contributed by atoms with Crippen molar-refractivity contribution >= 4 is 54.8 Å². The average molecular weight is 527 g/mol. The first-order chi connectivity index (χ1) is 17.2. The zero-order chi connectivity index (χ0) is 25.9. The number of nitro benzene ring substituents is 1. The monoisotopic (exact) mass is 526 g/mol. The molecule has 11 nitrogen and oxygen atoms in total. The van der Waals surface area contributed by atoms with Gasteiger partial charge in [-0.15, -0.1) is 0 Å². The van der Waals surface area contributed by atoms with E-state index >= 15 is 0 Å². The molecule has 0 spiro atoms. The van der Waals surface area contributed by atoms with Gasteiger partial charge in [0.25, 0.3) is 21.6 Å². The smallest absolute Gasteiger partial charge is 0.325 e. The van der Waals surface area contributed by atoms with E-state index in [-0.39, 0.29) is 33.2 Å². The summed E-state index contributed by atoms with van der Waals surface area (Å²) >= 11 is 0.994. The number of benzene rings is 3. The standard InChI is InChI=1S/C23H18N4O7S2/c1-34-21(28)14-26-19-11-10-17(27(30)31)13-20(19)35-23(26)24-22(29)15-6-5-7-16(12-15)25-36(32,33)18-8-3-2-4-9-18/h2-13,25H,14H2,1H3. The fourth-order valence-corrected chi connectivity index (χ4v) is 5.42. The second-order valence-electron chi connectivity index (χ2n) is 7.37. The lowest BCUT2D eigenvalue weighted by molar-refractivity contribution is -0.384. The van der Waals surface area contributed by atoms with Crippen molar-refractivity contribution in [2.45, 2.75) is 11.4 Å². The number of carbonyl (C=O) groups is 2. The third kappa shape index (κ3) is 5.31. The summed E-state index contributed by atoms with van der Waals surface area (Å²) in [5.41, 5.74) is 0.572. The topological polar surface area (TPSA) is 150 Å². The van der Waals surface area contributed by atoms with Gasteiger partial charge in [-0.1, -0.05) is 35.6 Å². The van der Waals surface area contributed by atoms with Gasteiger partial charge in [0.1, 0.15) is 6.54 Å². The number of methoxy groups -OCH3 is 1. The van der Waals surface area contributed by atoms with Crippen LogP contribution in [-0.4, -0.2) is 36.9 Å². The largest absolute Gasteiger partial charge is 0.468 e. The van der Waals surface area contributed by atoms with E-state index in [0.717, 1.165) is 11.3 Å². The minimum absolute atomic E-state index is 0.0645. The molecule has 0 atom stereocenters. The van der Waals surface area contributed by atoms with Crippen molar-refractivity contribution in [2.75, 3.05) is 11.8 Å². The van der Waals surface area contributed by atoms with E-state index in [1.54, 1.807) is 18.2 Å². The summed E-state index contributed by atoms with van der Waals surface area (Å²) in [6.07, 6.45) is 0. The molecule has 3 aromatic carbocycles. The number of nitrogens with one attached hydrogen (secondary N) is 1. The van der Waals surface area contributed by atoms with E-state index in [1.807, 2.05) is 0 Å². The number of fused-ring (bicyclic) bond motifs is 1. The summed E-state index contributed by atoms with van der Waals surface area (Å²) in [6.45, 7) is -0.267. The van der Waals surface area contributed by atoms with Crippen molar-refractivity contribution < 1.29 is 27.7 Å². The highest BCUT2D eigenvalue weighted by Crippen LogP contribution is 2.24. The maximum atomic E-state index is 13.0. The normalized spacial score (nSPS) is 11.9. The summed E-state index contributed by atoms with van der Waals surface area (Å²) in [7, 11) is -2.65. The van der Waals surface area contributed by atoms with Crippen LogP contribution in [0.1, 0.15) is 10.4 Å². The Bertz CT molecular complexity index is 1660. The third-order valence-electron chi connectivity index (χ3n) is 5.00. The van der Waals surface area contributed by atoms with Crippen LogP contribution in [0.2, 0.25) is 0 Å². The number of aromatic nitrogens is 1. The fourth-order valence-electron chi connectivity index (χ4n) is 3.29. The van der Waals surface area contributed by atoms with Crippen LogP contribution in [-0.2, 0) is 26.1 Å². The molecule has 0 aliphatic rings. The van der Waals surface area contributed by atoms with Crippen LogP contribution in [0.3, 0.4) is 0 Å². The van der Waals surface area contributed by atoms with Crippen molar-refractivity contribution in [3.8, 4) is 0 Å². The number of rotatable bonds is 7. The predicted molar refractivity (Wildman–Crippen MR) is 132 cm³/mol. The van der Waals surface area contributed by atoms with Gasteiger partial charge in [0.15, 0.2) is 4.80 Å². The Hall–Kier alpha value is -4.36. The van der Waals surface area contributed by atoms with Crippen LogP contribution >= 0.6 is 11.3 Å². The number of carbonyl (C=O) groups excluding carboxylic acids is 2. The molecule has 13 heteroatoms. The van der Waals surface area contributed by atoms with Gasteiger partial charge < -0.3 is 9.30 Å². The first-order valence-electron chi connectivity index (χ1n) is 10.3. The van der Waals surface area contributed by atoms with Gasteiger partial charge >= 0.3 is 5.97 Å². The van der Waals surface area contributed by atoms with E-state index in [1.165, 1.54) is 66.3 Å². The lowest BCUT2D eigenvalue weighted by atomic mass is 10.2. The Labute approximate surface area is 208 Å². The van der Waals surface area contributed by atoms with Gasteiger partial charge in [-0.25, -0.2) is 8.42 Å². The SMILES string of the molecule is COC(=O)Cn1c(=NC(=O)c2cccc(NS(=O)(=O)c3ccccc3)c2)sc2cc([N+](=O)[O-])ccc21. The van der Waals surface area contributed by atoms with Crippen molar-refractivity contribution in [3.05, 3.63) is 93.3 Å². The first kappa shape index (κ1) is 24.8. The Kier molecular flexibility index (Phi) is 6.94. The summed E-state index contributed by atoms with van der Waals surface area (Å²) in [5.74, 6) is -1.30. The molecule has 0 aliphatic carbocycles. The number of hydrogen-bond donors (Lipinski definition) is 1. The van der Waals surface area contributed by atoms with Crippen LogP contribution in [0.15, 0.2) is 82.7 Å². The highest BCUT2D eigenvalue weighted by Gasteiger charge is 2.17. The van der Waals surface area contributed by atoms with Crippen molar-refractivity contribution in [1.82, 2.24) is 4.57 Å². The molecule has 0 bridgehead atoms. The molecule has 1 amide bonds. The second-order valence-corrected chi connectivity index (χ2v) is 10.1. The van der Waals surface area contributed by atoms with Crippen LogP contribution in [0.25, 0.3) is 10.2 Å². The van der Waals surface area contributed by atoms with Gasteiger partial charge in [-0.3, -0.25) is 24.4 Å².